The molecule has 2 nitrogen and oxygen atoms in total. The molecule has 0 saturated carbocycles. The Kier molecular flexibility index (Phi) is 4.50. The summed E-state index contributed by atoms with van der Waals surface area (Å²) in [5.41, 5.74) is 7.91. The number of hydrogen-bond donors (Lipinski definition) is 1. The lowest BCUT2D eigenvalue weighted by Gasteiger charge is -2.05. The summed E-state index contributed by atoms with van der Waals surface area (Å²) in [6.45, 7) is 4.26. The molecule has 13 heavy (non-hydrogen) atoms. The topological polar surface area (TPSA) is 35.2 Å². The second kappa shape index (κ2) is 5.73. The first-order valence-electron chi connectivity index (χ1n) is 4.67. The van der Waals surface area contributed by atoms with Crippen molar-refractivity contribution in [2.75, 3.05) is 13.2 Å². The predicted octanol–water partition coefficient (Wildman–Crippen LogP) is 1.86. The van der Waals surface area contributed by atoms with E-state index in [1.54, 1.807) is 0 Å². The van der Waals surface area contributed by atoms with E-state index in [1.165, 1.54) is 11.1 Å². The van der Waals surface area contributed by atoms with Gasteiger partial charge in [0.05, 0.1) is 6.61 Å². The van der Waals surface area contributed by atoms with E-state index in [0.717, 1.165) is 13.0 Å². The lowest BCUT2D eigenvalue weighted by atomic mass is 10.1. The molecule has 72 valence electrons. The molecular formula is C11H17NO. The molecule has 1 aromatic rings. The first kappa shape index (κ1) is 10.2. The first-order valence-corrected chi connectivity index (χ1v) is 4.67. The highest BCUT2D eigenvalue weighted by atomic mass is 16.5. The summed E-state index contributed by atoms with van der Waals surface area (Å²) < 4.78 is 5.46. The van der Waals surface area contributed by atoms with Crippen LogP contribution in [0.25, 0.3) is 0 Å². The van der Waals surface area contributed by atoms with Crippen LogP contribution in [0.2, 0.25) is 0 Å². The fourth-order valence-electron chi connectivity index (χ4n) is 1.14. The van der Waals surface area contributed by atoms with Crippen LogP contribution in [0.4, 0.5) is 0 Å². The largest absolute Gasteiger partial charge is 0.377 e. The normalized spacial score (nSPS) is 10.3. The third-order valence-corrected chi connectivity index (χ3v) is 2.01. The molecule has 0 bridgehead atoms. The zero-order chi connectivity index (χ0) is 9.52. The highest BCUT2D eigenvalue weighted by Crippen LogP contribution is 2.07. The van der Waals surface area contributed by atoms with Crippen LogP contribution in [-0.4, -0.2) is 13.2 Å². The van der Waals surface area contributed by atoms with Crippen molar-refractivity contribution in [1.29, 1.82) is 0 Å². The van der Waals surface area contributed by atoms with E-state index in [1.807, 2.05) is 12.1 Å². The quantitative estimate of drug-likeness (QED) is 0.700. The van der Waals surface area contributed by atoms with Crippen molar-refractivity contribution in [3.63, 3.8) is 0 Å². The van der Waals surface area contributed by atoms with Gasteiger partial charge >= 0.3 is 0 Å². The Morgan fingerprint density at radius 3 is 2.77 bits per heavy atom. The first-order chi connectivity index (χ1) is 6.34. The minimum Gasteiger partial charge on any atom is -0.377 e. The molecule has 0 fully saturated rings. The fraction of sp³-hybridized carbons (Fsp3) is 0.455. The van der Waals surface area contributed by atoms with Crippen LogP contribution in [0.1, 0.15) is 17.5 Å². The highest BCUT2D eigenvalue weighted by molar-refractivity contribution is 5.24. The molecule has 0 atom stereocenters. The number of nitrogens with two attached hydrogens (primary N) is 1. The van der Waals surface area contributed by atoms with E-state index in [-0.39, 0.29) is 0 Å². The minimum atomic E-state index is 0.701. The van der Waals surface area contributed by atoms with Crippen LogP contribution >= 0.6 is 0 Å². The lowest BCUT2D eigenvalue weighted by Crippen LogP contribution is -2.04. The maximum absolute atomic E-state index is 5.46. The zero-order valence-corrected chi connectivity index (χ0v) is 8.12. The van der Waals surface area contributed by atoms with Gasteiger partial charge in [-0.3, -0.25) is 0 Å². The highest BCUT2D eigenvalue weighted by Gasteiger charge is 1.95. The molecule has 0 aliphatic rings. The van der Waals surface area contributed by atoms with Crippen molar-refractivity contribution in [3.8, 4) is 0 Å². The average Bonchev–Trinajstić information content (AvgIpc) is 2.15. The van der Waals surface area contributed by atoms with Crippen molar-refractivity contribution in [3.05, 3.63) is 35.4 Å². The van der Waals surface area contributed by atoms with Crippen molar-refractivity contribution in [2.45, 2.75) is 20.0 Å². The molecule has 1 aromatic carbocycles. The number of benzene rings is 1. The van der Waals surface area contributed by atoms with Crippen LogP contribution in [0.3, 0.4) is 0 Å². The van der Waals surface area contributed by atoms with Gasteiger partial charge in [0.15, 0.2) is 0 Å². The van der Waals surface area contributed by atoms with Crippen molar-refractivity contribution < 1.29 is 4.74 Å². The van der Waals surface area contributed by atoms with Crippen LogP contribution in [0.5, 0.6) is 0 Å². The molecule has 0 amide bonds. The van der Waals surface area contributed by atoms with Gasteiger partial charge in [0, 0.05) is 6.61 Å². The summed E-state index contributed by atoms with van der Waals surface area (Å²) >= 11 is 0. The summed E-state index contributed by atoms with van der Waals surface area (Å²) in [5, 5.41) is 0. The van der Waals surface area contributed by atoms with Gasteiger partial charge in [-0.05, 0) is 31.0 Å². The summed E-state index contributed by atoms with van der Waals surface area (Å²) in [6.07, 6.45) is 0.936. The second-order valence-corrected chi connectivity index (χ2v) is 3.12. The summed E-state index contributed by atoms with van der Waals surface area (Å²) in [4.78, 5) is 0. The lowest BCUT2D eigenvalue weighted by molar-refractivity contribution is 0.119. The van der Waals surface area contributed by atoms with Gasteiger partial charge in [0.2, 0.25) is 0 Å². The maximum Gasteiger partial charge on any atom is 0.0719 e. The molecule has 0 unspecified atom stereocenters. The van der Waals surface area contributed by atoms with E-state index < -0.39 is 0 Å². The van der Waals surface area contributed by atoms with Crippen molar-refractivity contribution in [2.24, 2.45) is 5.73 Å². The maximum atomic E-state index is 5.46. The fourth-order valence-corrected chi connectivity index (χ4v) is 1.14. The van der Waals surface area contributed by atoms with Gasteiger partial charge in [-0.2, -0.15) is 0 Å². The summed E-state index contributed by atoms with van der Waals surface area (Å²) in [6, 6.07) is 8.27. The smallest absolute Gasteiger partial charge is 0.0719 e. The zero-order valence-electron chi connectivity index (χ0n) is 8.12. The third kappa shape index (κ3) is 3.57. The standard InChI is InChI=1S/C11H17NO/c1-10-5-2-3-6-11(10)9-13-8-4-7-12/h2-3,5-6H,4,7-9,12H2,1H3. The van der Waals surface area contributed by atoms with E-state index in [9.17, 15) is 0 Å². The van der Waals surface area contributed by atoms with E-state index in [0.29, 0.717) is 13.2 Å². The number of hydrogen-bond acceptors (Lipinski definition) is 2. The SMILES string of the molecule is Cc1ccccc1COCCCN. The number of aryl methyl sites for hydroxylation is 1. The molecule has 0 radical (unpaired) electrons. The molecule has 2 N–H and O–H groups in total. The molecule has 0 aliphatic heterocycles. The second-order valence-electron chi connectivity index (χ2n) is 3.12. The predicted molar refractivity (Wildman–Crippen MR) is 54.5 cm³/mol. The molecule has 0 aromatic heterocycles. The van der Waals surface area contributed by atoms with Crippen LogP contribution in [0, 0.1) is 6.92 Å². The van der Waals surface area contributed by atoms with Crippen LogP contribution < -0.4 is 5.73 Å². The Labute approximate surface area is 79.7 Å². The molecule has 1 rings (SSSR count). The molecule has 0 saturated heterocycles. The van der Waals surface area contributed by atoms with Crippen LogP contribution in [0.15, 0.2) is 24.3 Å². The van der Waals surface area contributed by atoms with E-state index >= 15 is 0 Å². The number of rotatable bonds is 5. The van der Waals surface area contributed by atoms with E-state index in [4.69, 9.17) is 10.5 Å². The Morgan fingerprint density at radius 1 is 1.31 bits per heavy atom. The summed E-state index contributed by atoms with van der Waals surface area (Å²) in [7, 11) is 0. The molecule has 2 heteroatoms. The molecule has 0 heterocycles. The van der Waals surface area contributed by atoms with Crippen molar-refractivity contribution in [1.82, 2.24) is 0 Å². The Hall–Kier alpha value is -0.860. The summed E-state index contributed by atoms with van der Waals surface area (Å²) in [5.74, 6) is 0. The third-order valence-electron chi connectivity index (χ3n) is 2.01. The molecule has 0 spiro atoms. The van der Waals surface area contributed by atoms with Crippen LogP contribution in [-0.2, 0) is 11.3 Å². The molecule has 0 aliphatic carbocycles. The number of ether oxygens (including phenoxy) is 1. The van der Waals surface area contributed by atoms with E-state index in [2.05, 4.69) is 19.1 Å². The van der Waals surface area contributed by atoms with Gasteiger partial charge < -0.3 is 10.5 Å². The van der Waals surface area contributed by atoms with Gasteiger partial charge in [-0.25, -0.2) is 0 Å². The minimum absolute atomic E-state index is 0.701. The van der Waals surface area contributed by atoms with Gasteiger partial charge in [0.25, 0.3) is 0 Å². The van der Waals surface area contributed by atoms with Gasteiger partial charge in [-0.1, -0.05) is 24.3 Å². The van der Waals surface area contributed by atoms with Gasteiger partial charge in [0.1, 0.15) is 0 Å². The average molecular weight is 179 g/mol. The van der Waals surface area contributed by atoms with Crippen molar-refractivity contribution >= 4 is 0 Å². The van der Waals surface area contributed by atoms with Gasteiger partial charge in [-0.15, -0.1) is 0 Å². The Balaban J connectivity index is 2.32. The molecular weight excluding hydrogens is 162 g/mol. The monoisotopic (exact) mass is 179 g/mol. The Morgan fingerprint density at radius 2 is 2.08 bits per heavy atom. The Bertz CT molecular complexity index is 248.